The molecule has 0 saturated heterocycles. The molecular formula is C16H14O6S. The van der Waals surface area contributed by atoms with E-state index in [0.29, 0.717) is 0 Å². The fourth-order valence-electron chi connectivity index (χ4n) is 2.21. The van der Waals surface area contributed by atoms with E-state index in [1.165, 1.54) is 6.07 Å². The van der Waals surface area contributed by atoms with Crippen LogP contribution in [0.4, 0.5) is 0 Å². The standard InChI is InChI=1S/C16H14O6S/c17-15(18)12-7-4-8-13(16(19)20)14(12)23(21,22)10-9-11-5-2-1-3-6-11/h1-8H,9-10H2,(H,17,18)(H,19,20). The van der Waals surface area contributed by atoms with Crippen molar-refractivity contribution in [3.8, 4) is 0 Å². The van der Waals surface area contributed by atoms with Gasteiger partial charge in [-0.15, -0.1) is 0 Å². The monoisotopic (exact) mass is 334 g/mol. The van der Waals surface area contributed by atoms with Crippen molar-refractivity contribution in [1.29, 1.82) is 0 Å². The summed E-state index contributed by atoms with van der Waals surface area (Å²) in [6.45, 7) is 0. The van der Waals surface area contributed by atoms with E-state index < -0.39 is 37.8 Å². The lowest BCUT2D eigenvalue weighted by atomic mass is 10.1. The van der Waals surface area contributed by atoms with Crippen molar-refractivity contribution in [3.63, 3.8) is 0 Å². The molecule has 0 unspecified atom stereocenters. The van der Waals surface area contributed by atoms with E-state index in [1.807, 2.05) is 0 Å². The number of aryl methyl sites for hydroxylation is 1. The number of rotatable bonds is 6. The average Bonchev–Trinajstić information content (AvgIpc) is 2.53. The highest BCUT2D eigenvalue weighted by Gasteiger charge is 2.28. The first-order valence-electron chi connectivity index (χ1n) is 6.69. The molecule has 2 rings (SSSR count). The Morgan fingerprint density at radius 2 is 1.35 bits per heavy atom. The first kappa shape index (κ1) is 16.7. The molecule has 2 aromatic rings. The van der Waals surface area contributed by atoms with Crippen molar-refractivity contribution in [2.75, 3.05) is 5.75 Å². The lowest BCUT2D eigenvalue weighted by molar-refractivity contribution is 0.0689. The lowest BCUT2D eigenvalue weighted by Gasteiger charge is -2.11. The third-order valence-corrected chi connectivity index (χ3v) is 5.09. The number of hydrogen-bond donors (Lipinski definition) is 2. The zero-order valence-corrected chi connectivity index (χ0v) is 12.8. The van der Waals surface area contributed by atoms with Crippen LogP contribution < -0.4 is 0 Å². The topological polar surface area (TPSA) is 109 Å². The highest BCUT2D eigenvalue weighted by molar-refractivity contribution is 7.91. The Hall–Kier alpha value is -2.67. The van der Waals surface area contributed by atoms with Gasteiger partial charge < -0.3 is 10.2 Å². The molecule has 0 spiro atoms. The Labute approximate surface area is 132 Å². The molecular weight excluding hydrogens is 320 g/mol. The number of carboxylic acids is 2. The van der Waals surface area contributed by atoms with Gasteiger partial charge in [-0.25, -0.2) is 18.0 Å². The molecule has 0 radical (unpaired) electrons. The zero-order chi connectivity index (χ0) is 17.0. The second-order valence-corrected chi connectivity index (χ2v) is 6.89. The van der Waals surface area contributed by atoms with Crippen LogP contribution in [-0.2, 0) is 16.3 Å². The average molecular weight is 334 g/mol. The van der Waals surface area contributed by atoms with Gasteiger partial charge in [0.15, 0.2) is 9.84 Å². The minimum Gasteiger partial charge on any atom is -0.478 e. The van der Waals surface area contributed by atoms with Crippen LogP contribution in [0.15, 0.2) is 53.4 Å². The maximum Gasteiger partial charge on any atom is 0.337 e. The van der Waals surface area contributed by atoms with Crippen molar-refractivity contribution >= 4 is 21.8 Å². The van der Waals surface area contributed by atoms with Crippen molar-refractivity contribution in [1.82, 2.24) is 0 Å². The summed E-state index contributed by atoms with van der Waals surface area (Å²) in [6.07, 6.45) is 0.163. The summed E-state index contributed by atoms with van der Waals surface area (Å²) in [5.41, 5.74) is -0.295. The van der Waals surface area contributed by atoms with Crippen LogP contribution in [0.25, 0.3) is 0 Å². The smallest absolute Gasteiger partial charge is 0.337 e. The Kier molecular flexibility index (Phi) is 4.80. The number of aromatic carboxylic acids is 2. The largest absolute Gasteiger partial charge is 0.478 e. The molecule has 0 amide bonds. The molecule has 6 nitrogen and oxygen atoms in total. The van der Waals surface area contributed by atoms with Crippen LogP contribution in [0.3, 0.4) is 0 Å². The van der Waals surface area contributed by atoms with E-state index in [-0.39, 0.29) is 12.2 Å². The highest BCUT2D eigenvalue weighted by Crippen LogP contribution is 2.23. The molecule has 2 aromatic carbocycles. The second-order valence-electron chi connectivity index (χ2n) is 4.85. The summed E-state index contributed by atoms with van der Waals surface area (Å²) in [5, 5.41) is 18.3. The first-order valence-corrected chi connectivity index (χ1v) is 8.34. The summed E-state index contributed by atoms with van der Waals surface area (Å²) in [4.78, 5) is 21.9. The van der Waals surface area contributed by atoms with E-state index in [0.717, 1.165) is 17.7 Å². The Balaban J connectivity index is 2.46. The summed E-state index contributed by atoms with van der Waals surface area (Å²) in [5.74, 6) is -3.33. The normalized spacial score (nSPS) is 11.1. The number of carbonyl (C=O) groups is 2. The van der Waals surface area contributed by atoms with Crippen molar-refractivity contribution < 1.29 is 28.2 Å². The van der Waals surface area contributed by atoms with Crippen LogP contribution in [0, 0.1) is 0 Å². The lowest BCUT2D eigenvalue weighted by Crippen LogP contribution is -2.18. The van der Waals surface area contributed by atoms with Gasteiger partial charge in [-0.2, -0.15) is 0 Å². The summed E-state index contributed by atoms with van der Waals surface area (Å²) < 4.78 is 25.1. The van der Waals surface area contributed by atoms with Gasteiger partial charge in [0.2, 0.25) is 0 Å². The molecule has 0 aliphatic carbocycles. The molecule has 0 bridgehead atoms. The van der Waals surface area contributed by atoms with Gasteiger partial charge in [-0.3, -0.25) is 0 Å². The molecule has 0 aliphatic heterocycles. The van der Waals surface area contributed by atoms with Crippen molar-refractivity contribution in [3.05, 3.63) is 65.2 Å². The van der Waals surface area contributed by atoms with E-state index in [4.69, 9.17) is 10.2 Å². The van der Waals surface area contributed by atoms with Crippen LogP contribution in [0.5, 0.6) is 0 Å². The van der Waals surface area contributed by atoms with Crippen LogP contribution in [0.2, 0.25) is 0 Å². The molecule has 2 N–H and O–H groups in total. The maximum absolute atomic E-state index is 12.5. The molecule has 7 heteroatoms. The van der Waals surface area contributed by atoms with E-state index >= 15 is 0 Å². The van der Waals surface area contributed by atoms with Gasteiger partial charge in [-0.05, 0) is 24.1 Å². The molecule has 0 heterocycles. The Morgan fingerprint density at radius 1 is 0.826 bits per heavy atom. The first-order chi connectivity index (χ1) is 10.8. The second kappa shape index (κ2) is 6.62. The number of benzene rings is 2. The van der Waals surface area contributed by atoms with Gasteiger partial charge in [0, 0.05) is 0 Å². The highest BCUT2D eigenvalue weighted by atomic mass is 32.2. The molecule has 0 aromatic heterocycles. The van der Waals surface area contributed by atoms with Crippen LogP contribution in [0.1, 0.15) is 26.3 Å². The van der Waals surface area contributed by atoms with Gasteiger partial charge in [-0.1, -0.05) is 36.4 Å². The van der Waals surface area contributed by atoms with Crippen molar-refractivity contribution in [2.45, 2.75) is 11.3 Å². The molecule has 0 aliphatic rings. The van der Waals surface area contributed by atoms with E-state index in [1.54, 1.807) is 30.3 Å². The minimum absolute atomic E-state index is 0.163. The third kappa shape index (κ3) is 3.75. The van der Waals surface area contributed by atoms with Crippen LogP contribution in [-0.4, -0.2) is 36.3 Å². The summed E-state index contributed by atoms with van der Waals surface area (Å²) >= 11 is 0. The maximum atomic E-state index is 12.5. The van der Waals surface area contributed by atoms with E-state index in [9.17, 15) is 18.0 Å². The summed E-state index contributed by atoms with van der Waals surface area (Å²) in [7, 11) is -4.07. The minimum atomic E-state index is -4.07. The molecule has 120 valence electrons. The Morgan fingerprint density at radius 3 is 1.83 bits per heavy atom. The van der Waals surface area contributed by atoms with Gasteiger partial charge in [0.05, 0.1) is 21.8 Å². The SMILES string of the molecule is O=C(O)c1cccc(C(=O)O)c1S(=O)(=O)CCc1ccccc1. The fourth-order valence-corrected chi connectivity index (χ4v) is 3.90. The predicted molar refractivity (Wildman–Crippen MR) is 82.6 cm³/mol. The van der Waals surface area contributed by atoms with Gasteiger partial charge in [0.25, 0.3) is 0 Å². The predicted octanol–water partition coefficient (Wildman–Crippen LogP) is 2.10. The quantitative estimate of drug-likeness (QED) is 0.837. The molecule has 0 atom stereocenters. The number of carboxylic acid groups (broad SMARTS) is 2. The molecule has 0 fully saturated rings. The number of hydrogen-bond acceptors (Lipinski definition) is 4. The number of sulfone groups is 1. The van der Waals surface area contributed by atoms with Crippen molar-refractivity contribution in [2.24, 2.45) is 0 Å². The van der Waals surface area contributed by atoms with Gasteiger partial charge >= 0.3 is 11.9 Å². The van der Waals surface area contributed by atoms with E-state index in [2.05, 4.69) is 0 Å². The summed E-state index contributed by atoms with van der Waals surface area (Å²) in [6, 6.07) is 12.2. The van der Waals surface area contributed by atoms with Crippen LogP contribution >= 0.6 is 0 Å². The fraction of sp³-hybridized carbons (Fsp3) is 0.125. The Bertz CT molecular complexity index is 808. The van der Waals surface area contributed by atoms with Gasteiger partial charge in [0.1, 0.15) is 0 Å². The zero-order valence-electron chi connectivity index (χ0n) is 12.0. The molecule has 0 saturated carbocycles. The molecule has 23 heavy (non-hydrogen) atoms. The third-order valence-electron chi connectivity index (χ3n) is 3.29.